The van der Waals surface area contributed by atoms with E-state index < -0.39 is 145 Å². The molecule has 2 heterocycles. The number of piperidine rings is 1. The minimum absolute atomic E-state index is 0.0123. The third-order valence-electron chi connectivity index (χ3n) is 19.2. The van der Waals surface area contributed by atoms with E-state index in [1.165, 1.54) is 45.1 Å². The van der Waals surface area contributed by atoms with Gasteiger partial charge in [-0.05, 0) is 131 Å². The van der Waals surface area contributed by atoms with Gasteiger partial charge in [0.2, 0.25) is 35.4 Å². The Balaban J connectivity index is 1.23. The number of rotatable bonds is 54. The minimum atomic E-state index is -1.57. The molecule has 20 N–H and O–H groups in total. The Kier molecular flexibility index (Phi) is 46.0. The molecule has 12 amide bonds. The van der Waals surface area contributed by atoms with E-state index in [1.54, 1.807) is 53.6 Å². The Hall–Kier alpha value is -10.8. The number of aromatic hydroxyl groups is 1. The number of likely N-dealkylation sites (tertiary alicyclic amines) is 1. The SMILES string of the molecule is CCCC(=O)OCN(C(=O)[C@@H](NC(=O)[C@H]1CCCCN1C)C(C)CC)[C@H](CCc1nc(C(=O)N[C@@H](Cc2ccc(O)cc2)C[C@H](C)C(=O)NNC(=O)OCCSSCCNC(=O)[C@H](CC(=O)O)NC(=O)[C@H](CCCNC(=N)N)NC(=O)Cc2ccc(CNC(=O)NCCCC[C@@H](NC(=O)N[C@@H](CCC(=O)O)C(=O)O)C(=O)O)cc2)cs1)C(C)C. The molecule has 0 spiro atoms. The molecule has 42 heteroatoms. The number of carbonyl (C=O) groups excluding carboxylic acids is 11. The van der Waals surface area contributed by atoms with Gasteiger partial charge in [-0.15, -0.1) is 11.3 Å². The number of amides is 12. The first-order chi connectivity index (χ1) is 56.6. The standard InChI is InChI=1S/C77H117N17O22S3/c1-8-15-64(101)116-44-94(71(107)65(46(5)9-2)90-70(106)59-18-11-13-34-93(59)7)58(45(3)4)28-29-61-86-57(43-117-61)69(105)84-51(39-48-23-25-52(95)26-24-48)38-47(6)66(102)91-92-77(114)115-35-37-119-118-36-33-80-67(103)56(41-63(99)100)87-68(104)53(17-14-32-81-74(78)79)85-60(96)40-49-19-21-50(22-20-49)42-83-75(112)82-31-12-10-16-54(72(108)109)88-76(113)89-55(73(110)111)27-30-62(97)98/h19-26,43,45-47,51,53-56,58-59,65,95H,8-18,27-42,44H2,1-7H3,(H,80,103)(H,84,105)(H,85,96)(H,87,104)(H,90,106)(H,91,102)(H,92,114)(H,97,98)(H,99,100)(H,108,109)(H,110,111)(H4,78,79,81)(H2,82,83,112)(H2,88,89,113)/t46?,47-,51+,53-,54+,55-,56-,58+,59+,65-/m0/s1. The number of nitrogens with two attached hydrogens (primary N) is 1. The number of carbonyl (C=O) groups is 15. The maximum absolute atomic E-state index is 14.8. The van der Waals surface area contributed by atoms with Gasteiger partial charge >= 0.3 is 48.0 Å². The number of hydrogen-bond acceptors (Lipinski definition) is 24. The van der Waals surface area contributed by atoms with Crippen LogP contribution in [0.25, 0.3) is 0 Å². The van der Waals surface area contributed by atoms with Crippen LogP contribution in [0.15, 0.2) is 53.9 Å². The highest BCUT2D eigenvalue weighted by Gasteiger charge is 2.39. The molecule has 10 atom stereocenters. The third kappa shape index (κ3) is 39.6. The lowest BCUT2D eigenvalue weighted by Gasteiger charge is -2.39. The summed E-state index contributed by atoms with van der Waals surface area (Å²) in [6.07, 6.45) is 2.51. The molecule has 119 heavy (non-hydrogen) atoms. The predicted molar refractivity (Wildman–Crippen MR) is 442 cm³/mol. The maximum atomic E-state index is 14.8. The fraction of sp³-hybridized carbons (Fsp3) is 0.597. The van der Waals surface area contributed by atoms with Gasteiger partial charge in [0.05, 0.1) is 23.9 Å². The van der Waals surface area contributed by atoms with Crippen LogP contribution in [-0.2, 0) is 88.0 Å². The van der Waals surface area contributed by atoms with Crippen molar-refractivity contribution < 1.29 is 107 Å². The Bertz CT molecular complexity index is 3840. The van der Waals surface area contributed by atoms with Crippen molar-refractivity contribution in [2.75, 3.05) is 58.1 Å². The van der Waals surface area contributed by atoms with E-state index in [1.807, 2.05) is 51.9 Å². The number of nitrogens with zero attached hydrogens (tertiary/aromatic N) is 3. The third-order valence-corrected chi connectivity index (χ3v) is 22.5. The summed E-state index contributed by atoms with van der Waals surface area (Å²) in [5, 5.41) is 82.9. The van der Waals surface area contributed by atoms with Gasteiger partial charge in [0.1, 0.15) is 48.3 Å². The fourth-order valence-corrected chi connectivity index (χ4v) is 15.0. The van der Waals surface area contributed by atoms with Crippen LogP contribution in [0, 0.1) is 23.2 Å². The molecule has 2 aromatic carbocycles. The summed E-state index contributed by atoms with van der Waals surface area (Å²) in [4.78, 5) is 201. The van der Waals surface area contributed by atoms with Crippen LogP contribution < -0.4 is 69.8 Å². The first-order valence-electron chi connectivity index (χ1n) is 39.6. The van der Waals surface area contributed by atoms with Crippen LogP contribution in [0.4, 0.5) is 14.4 Å². The van der Waals surface area contributed by atoms with Crippen molar-refractivity contribution in [3.8, 4) is 5.75 Å². The Morgan fingerprint density at radius 1 is 0.664 bits per heavy atom. The highest BCUT2D eigenvalue weighted by molar-refractivity contribution is 8.76. The molecule has 4 rings (SSSR count). The lowest BCUT2D eigenvalue weighted by atomic mass is 9.93. The number of hydrazine groups is 1. The van der Waals surface area contributed by atoms with Crippen molar-refractivity contribution in [1.82, 2.24) is 78.8 Å². The average Bonchev–Trinajstić information content (AvgIpc) is 1.44. The van der Waals surface area contributed by atoms with Crippen LogP contribution >= 0.6 is 32.9 Å². The molecular formula is C77H117N17O22S3. The molecule has 1 aliphatic heterocycles. The lowest BCUT2D eigenvalue weighted by Crippen LogP contribution is -2.59. The minimum Gasteiger partial charge on any atom is -0.508 e. The van der Waals surface area contributed by atoms with Crippen LogP contribution in [-0.4, -0.2) is 242 Å². The monoisotopic (exact) mass is 1730 g/mol. The summed E-state index contributed by atoms with van der Waals surface area (Å²) in [5.74, 6) is -11.0. The number of aromatic nitrogens is 1. The van der Waals surface area contributed by atoms with Gasteiger partial charge in [0, 0.05) is 80.3 Å². The number of aliphatic carboxylic acids is 4. The van der Waals surface area contributed by atoms with Crippen molar-refractivity contribution in [1.29, 1.82) is 5.41 Å². The van der Waals surface area contributed by atoms with Gasteiger partial charge in [-0.1, -0.05) is 112 Å². The molecule has 1 saturated heterocycles. The molecule has 3 aromatic rings. The van der Waals surface area contributed by atoms with E-state index in [0.29, 0.717) is 54.7 Å². The second-order valence-electron chi connectivity index (χ2n) is 29.1. The van der Waals surface area contributed by atoms with Crippen molar-refractivity contribution >= 4 is 128 Å². The zero-order chi connectivity index (χ0) is 88.1. The van der Waals surface area contributed by atoms with Crippen LogP contribution in [0.3, 0.4) is 0 Å². The highest BCUT2D eigenvalue weighted by Crippen LogP contribution is 2.26. The summed E-state index contributed by atoms with van der Waals surface area (Å²) >= 11 is 1.25. The number of nitrogens with one attached hydrogen (secondary N) is 13. The van der Waals surface area contributed by atoms with Gasteiger partial charge in [-0.2, -0.15) is 0 Å². The smallest absolute Gasteiger partial charge is 0.426 e. The average molecular weight is 1730 g/mol. The van der Waals surface area contributed by atoms with Gasteiger partial charge in [-0.25, -0.2) is 34.4 Å². The molecule has 1 fully saturated rings. The number of carboxylic acids is 4. The molecule has 1 aliphatic rings. The van der Waals surface area contributed by atoms with Gasteiger partial charge in [0.15, 0.2) is 12.7 Å². The van der Waals surface area contributed by atoms with E-state index in [9.17, 15) is 92.3 Å². The molecule has 39 nitrogen and oxygen atoms in total. The zero-order valence-corrected chi connectivity index (χ0v) is 70.6. The number of hydrogen-bond donors (Lipinski definition) is 19. The number of guanidine groups is 1. The second kappa shape index (κ2) is 54.4. The molecule has 1 aromatic heterocycles. The van der Waals surface area contributed by atoms with E-state index in [0.717, 1.165) is 24.9 Å². The summed E-state index contributed by atoms with van der Waals surface area (Å²) < 4.78 is 10.9. The molecular weight excluding hydrogens is 1610 g/mol. The number of aryl methyl sites for hydroxylation is 1. The Morgan fingerprint density at radius 3 is 1.96 bits per heavy atom. The van der Waals surface area contributed by atoms with Crippen molar-refractivity contribution in [2.24, 2.45) is 23.5 Å². The first-order valence-corrected chi connectivity index (χ1v) is 42.9. The van der Waals surface area contributed by atoms with E-state index in [4.69, 9.17) is 25.7 Å². The number of esters is 1. The number of phenolic OH excluding ortho intramolecular Hbond substituents is 1. The number of likely N-dealkylation sites (N-methyl/N-ethyl adjacent to an activating group) is 1. The maximum Gasteiger partial charge on any atom is 0.426 e. The number of unbranched alkanes of at least 4 members (excludes halogenated alkanes) is 1. The summed E-state index contributed by atoms with van der Waals surface area (Å²) in [7, 11) is 4.44. The number of benzene rings is 2. The zero-order valence-electron chi connectivity index (χ0n) is 68.2. The lowest BCUT2D eigenvalue weighted by molar-refractivity contribution is -0.159. The second-order valence-corrected chi connectivity index (χ2v) is 32.7. The van der Waals surface area contributed by atoms with E-state index in [2.05, 4.69) is 63.7 Å². The number of urea groups is 2. The van der Waals surface area contributed by atoms with Crippen LogP contribution in [0.1, 0.15) is 176 Å². The normalized spacial score (nSPS) is 14.8. The largest absolute Gasteiger partial charge is 0.508 e. The van der Waals surface area contributed by atoms with Gasteiger partial charge < -0.3 is 98.8 Å². The first kappa shape index (κ1) is 101. The fourth-order valence-electron chi connectivity index (χ4n) is 12.4. The quantitative estimate of drug-likeness (QED) is 0.00730. The van der Waals surface area contributed by atoms with Crippen molar-refractivity contribution in [3.63, 3.8) is 0 Å². The molecule has 1 unspecified atom stereocenters. The van der Waals surface area contributed by atoms with Crippen LogP contribution in [0.2, 0.25) is 0 Å². The highest BCUT2D eigenvalue weighted by atomic mass is 33.1. The number of carboxylic acid groups (broad SMARTS) is 4. The molecule has 0 saturated carbocycles. The van der Waals surface area contributed by atoms with Gasteiger partial charge in [0.25, 0.3) is 5.91 Å². The Morgan fingerprint density at radius 2 is 1.32 bits per heavy atom. The molecule has 0 bridgehead atoms. The van der Waals surface area contributed by atoms with Crippen molar-refractivity contribution in [2.45, 2.75) is 218 Å². The molecule has 0 aliphatic carbocycles. The number of phenols is 1. The summed E-state index contributed by atoms with van der Waals surface area (Å²) in [6.45, 7) is 11.9. The van der Waals surface area contributed by atoms with Gasteiger partial charge in [-0.3, -0.25) is 63.7 Å². The van der Waals surface area contributed by atoms with Crippen molar-refractivity contribution in [3.05, 3.63) is 81.3 Å². The summed E-state index contributed by atoms with van der Waals surface area (Å²) in [5.41, 5.74) is 12.0. The molecule has 0 radical (unpaired) electrons. The number of thiazole rings is 1. The van der Waals surface area contributed by atoms with E-state index in [-0.39, 0.29) is 149 Å². The Labute approximate surface area is 702 Å². The molecule has 660 valence electrons. The summed E-state index contributed by atoms with van der Waals surface area (Å²) in [6, 6.07) is 2.96. The number of ether oxygens (including phenoxy) is 2. The topological polar surface area (TPSA) is 589 Å². The van der Waals surface area contributed by atoms with Crippen LogP contribution in [0.5, 0.6) is 5.75 Å². The van der Waals surface area contributed by atoms with E-state index >= 15 is 0 Å². The predicted octanol–water partition coefficient (Wildman–Crippen LogP) is 3.56.